The van der Waals surface area contributed by atoms with Crippen LogP contribution in [-0.2, 0) is 19.1 Å². The Hall–Kier alpha value is -6.22. The van der Waals surface area contributed by atoms with Gasteiger partial charge in [0.1, 0.15) is 49.4 Å². The largest absolute Gasteiger partial charge is 0.490 e. The van der Waals surface area contributed by atoms with Crippen LogP contribution in [0.1, 0.15) is 0 Å². The summed E-state index contributed by atoms with van der Waals surface area (Å²) in [5.41, 5.74) is 0. The molecule has 0 aliphatic heterocycles. The zero-order valence-electron chi connectivity index (χ0n) is 26.8. The molecule has 0 aliphatic carbocycles. The van der Waals surface area contributed by atoms with Crippen LogP contribution in [0.2, 0.25) is 0 Å². The minimum Gasteiger partial charge on any atom is -0.490 e. The maximum Gasteiger partial charge on any atom is 0.330 e. The number of fused-ring (bicyclic) bond motifs is 1. The molecule has 0 amide bonds. The third-order valence-corrected chi connectivity index (χ3v) is 6.99. The molecule has 9 heteroatoms. The molecule has 5 aromatic carbocycles. The van der Waals surface area contributed by atoms with Crippen LogP contribution in [0.25, 0.3) is 10.8 Å². The Morgan fingerprint density at radius 2 is 0.939 bits per heavy atom. The lowest BCUT2D eigenvalue weighted by molar-refractivity contribution is -0.147. The summed E-state index contributed by atoms with van der Waals surface area (Å²) in [4.78, 5) is 24.4. The van der Waals surface area contributed by atoms with Gasteiger partial charge in [0.25, 0.3) is 0 Å². The second-order valence-electron chi connectivity index (χ2n) is 10.6. The van der Waals surface area contributed by atoms with E-state index in [1.165, 1.54) is 0 Å². The van der Waals surface area contributed by atoms with Gasteiger partial charge in [-0.05, 0) is 36.4 Å². The summed E-state index contributed by atoms with van der Waals surface area (Å²) in [6.07, 6.45) is 0.637. The van der Waals surface area contributed by atoms with Gasteiger partial charge in [-0.3, -0.25) is 0 Å². The smallest absolute Gasteiger partial charge is 0.330 e. The van der Waals surface area contributed by atoms with Crippen LogP contribution < -0.4 is 23.7 Å². The zero-order valence-corrected chi connectivity index (χ0v) is 26.8. The standard InChI is InChI=1S/C40H36O9/c1-3-38(41)48-32(25-43-29-16-8-5-9-17-29)27-45-36-24-37(47-31-20-12-7-13-21-31)40(35-23-15-14-22-34(35)36)46-28-33(49-39(42)4-2)26-44-30-18-10-6-11-19-30/h3-24,32-33H,1-2,25-28H2. The summed E-state index contributed by atoms with van der Waals surface area (Å²) >= 11 is 0. The monoisotopic (exact) mass is 660 g/mol. The predicted octanol–water partition coefficient (Wildman–Crippen LogP) is 7.74. The number of rotatable bonds is 18. The van der Waals surface area contributed by atoms with Crippen molar-refractivity contribution in [3.63, 3.8) is 0 Å². The minimum atomic E-state index is -0.783. The van der Waals surface area contributed by atoms with E-state index in [0.29, 0.717) is 45.3 Å². The maximum atomic E-state index is 12.2. The summed E-state index contributed by atoms with van der Waals surface area (Å²) in [6.45, 7) is 7.01. The SMILES string of the molecule is C=CC(=O)OC(COc1ccccc1)COc1cc(Oc2ccccc2)c(OCC(COc2ccccc2)OC(=O)C=C)c2ccccc12. The Balaban J connectivity index is 1.43. The van der Waals surface area contributed by atoms with Crippen molar-refractivity contribution < 1.29 is 42.7 Å². The fourth-order valence-corrected chi connectivity index (χ4v) is 4.68. The van der Waals surface area contributed by atoms with Crippen LogP contribution in [0, 0.1) is 0 Å². The van der Waals surface area contributed by atoms with Crippen molar-refractivity contribution in [2.24, 2.45) is 0 Å². The highest BCUT2D eigenvalue weighted by atomic mass is 16.6. The van der Waals surface area contributed by atoms with Crippen molar-refractivity contribution in [1.29, 1.82) is 0 Å². The molecule has 0 heterocycles. The fourth-order valence-electron chi connectivity index (χ4n) is 4.68. The van der Waals surface area contributed by atoms with Gasteiger partial charge in [0.2, 0.25) is 0 Å². The third kappa shape index (κ3) is 10.1. The molecule has 5 rings (SSSR count). The van der Waals surface area contributed by atoms with Gasteiger partial charge in [-0.1, -0.05) is 92.0 Å². The van der Waals surface area contributed by atoms with Crippen LogP contribution in [-0.4, -0.2) is 50.6 Å². The maximum absolute atomic E-state index is 12.2. The van der Waals surface area contributed by atoms with E-state index in [4.69, 9.17) is 33.2 Å². The summed E-state index contributed by atoms with van der Waals surface area (Å²) in [7, 11) is 0. The van der Waals surface area contributed by atoms with E-state index in [2.05, 4.69) is 13.2 Å². The molecule has 0 aliphatic rings. The first kappa shape index (κ1) is 34.1. The van der Waals surface area contributed by atoms with Gasteiger partial charge >= 0.3 is 11.9 Å². The lowest BCUT2D eigenvalue weighted by atomic mass is 10.1. The van der Waals surface area contributed by atoms with E-state index in [1.54, 1.807) is 6.07 Å². The molecule has 250 valence electrons. The normalized spacial score (nSPS) is 11.8. The van der Waals surface area contributed by atoms with Crippen LogP contribution in [0.4, 0.5) is 0 Å². The predicted molar refractivity (Wildman–Crippen MR) is 185 cm³/mol. The number of hydrogen-bond donors (Lipinski definition) is 0. The highest BCUT2D eigenvalue weighted by Crippen LogP contribution is 2.43. The van der Waals surface area contributed by atoms with Gasteiger partial charge in [-0.2, -0.15) is 0 Å². The second-order valence-corrected chi connectivity index (χ2v) is 10.6. The van der Waals surface area contributed by atoms with Crippen LogP contribution in [0.5, 0.6) is 34.5 Å². The number of esters is 2. The van der Waals surface area contributed by atoms with Crippen molar-refractivity contribution in [3.05, 3.63) is 147 Å². The first-order valence-electron chi connectivity index (χ1n) is 15.6. The number of carbonyl (C=O) groups excluding carboxylic acids is 2. The van der Waals surface area contributed by atoms with E-state index in [1.807, 2.05) is 115 Å². The number of ether oxygens (including phenoxy) is 7. The summed E-state index contributed by atoms with van der Waals surface area (Å²) in [5.74, 6) is 1.79. The topological polar surface area (TPSA) is 98.8 Å². The Kier molecular flexibility index (Phi) is 12.3. The molecule has 0 spiro atoms. The van der Waals surface area contributed by atoms with Gasteiger partial charge in [-0.25, -0.2) is 9.59 Å². The van der Waals surface area contributed by atoms with Gasteiger partial charge in [0.15, 0.2) is 23.7 Å². The summed E-state index contributed by atoms with van der Waals surface area (Å²) < 4.78 is 41.9. The third-order valence-electron chi connectivity index (χ3n) is 6.99. The van der Waals surface area contributed by atoms with Crippen molar-refractivity contribution in [3.8, 4) is 34.5 Å². The molecule has 0 saturated heterocycles. The highest BCUT2D eigenvalue weighted by molar-refractivity contribution is 5.95. The molecule has 49 heavy (non-hydrogen) atoms. The average molecular weight is 661 g/mol. The Labute approximate surface area is 284 Å². The molecule has 2 atom stereocenters. The van der Waals surface area contributed by atoms with Gasteiger partial charge in [-0.15, -0.1) is 0 Å². The highest BCUT2D eigenvalue weighted by Gasteiger charge is 2.22. The van der Waals surface area contributed by atoms with E-state index in [9.17, 15) is 9.59 Å². The molecule has 9 nitrogen and oxygen atoms in total. The Morgan fingerprint density at radius 1 is 0.510 bits per heavy atom. The number of hydrogen-bond acceptors (Lipinski definition) is 9. The van der Waals surface area contributed by atoms with Gasteiger partial charge < -0.3 is 33.2 Å². The molecule has 0 radical (unpaired) electrons. The van der Waals surface area contributed by atoms with E-state index in [0.717, 1.165) is 12.2 Å². The fraction of sp³-hybridized carbons (Fsp3) is 0.150. The first-order chi connectivity index (χ1) is 24.0. The average Bonchev–Trinajstić information content (AvgIpc) is 3.15. The molecule has 0 saturated carbocycles. The van der Waals surface area contributed by atoms with Crippen molar-refractivity contribution in [2.75, 3.05) is 26.4 Å². The first-order valence-corrected chi connectivity index (χ1v) is 15.6. The van der Waals surface area contributed by atoms with Crippen LogP contribution in [0.3, 0.4) is 0 Å². The number of carbonyl (C=O) groups is 2. The second kappa shape index (κ2) is 17.6. The minimum absolute atomic E-state index is 0.0300. The van der Waals surface area contributed by atoms with Crippen molar-refractivity contribution in [2.45, 2.75) is 12.2 Å². The Bertz CT molecular complexity index is 1830. The molecule has 0 fully saturated rings. The lowest BCUT2D eigenvalue weighted by Gasteiger charge is -2.22. The van der Waals surface area contributed by atoms with Gasteiger partial charge in [0.05, 0.1) is 0 Å². The molecule has 0 aromatic heterocycles. The van der Waals surface area contributed by atoms with E-state index < -0.39 is 24.1 Å². The van der Waals surface area contributed by atoms with Crippen molar-refractivity contribution >= 4 is 22.7 Å². The van der Waals surface area contributed by atoms with Gasteiger partial charge in [0, 0.05) is 29.0 Å². The molecule has 5 aromatic rings. The summed E-state index contributed by atoms with van der Waals surface area (Å²) in [6, 6.07) is 36.8. The molecule has 0 N–H and O–H groups in total. The Morgan fingerprint density at radius 3 is 1.45 bits per heavy atom. The van der Waals surface area contributed by atoms with E-state index in [-0.39, 0.29) is 26.4 Å². The molecule has 0 bridgehead atoms. The molecular weight excluding hydrogens is 624 g/mol. The lowest BCUT2D eigenvalue weighted by Crippen LogP contribution is -2.31. The number of benzene rings is 5. The van der Waals surface area contributed by atoms with E-state index >= 15 is 0 Å². The van der Waals surface area contributed by atoms with Crippen LogP contribution in [0.15, 0.2) is 147 Å². The number of para-hydroxylation sites is 3. The van der Waals surface area contributed by atoms with Crippen LogP contribution >= 0.6 is 0 Å². The summed E-state index contributed by atoms with van der Waals surface area (Å²) in [5, 5.41) is 1.37. The molecule has 2 unspecified atom stereocenters. The molecular formula is C40H36O9. The van der Waals surface area contributed by atoms with Crippen molar-refractivity contribution in [1.82, 2.24) is 0 Å². The zero-order chi connectivity index (χ0) is 34.3. The quantitative estimate of drug-likeness (QED) is 0.0690.